The fourth-order valence-electron chi connectivity index (χ4n) is 1.47. The summed E-state index contributed by atoms with van der Waals surface area (Å²) in [5, 5.41) is 0. The zero-order valence-corrected chi connectivity index (χ0v) is 10.7. The molecule has 0 atom stereocenters. The molecule has 0 N–H and O–H groups in total. The highest BCUT2D eigenvalue weighted by atomic mass is 16.6. The van der Waals surface area contributed by atoms with Crippen molar-refractivity contribution in [2.75, 3.05) is 19.8 Å². The molecule has 1 aliphatic heterocycles. The number of hydrogen-bond acceptors (Lipinski definition) is 3. The predicted octanol–water partition coefficient (Wildman–Crippen LogP) is 2.58. The van der Waals surface area contributed by atoms with Gasteiger partial charge in [-0.05, 0) is 19.4 Å². The van der Waals surface area contributed by atoms with Crippen LogP contribution < -0.4 is 0 Å². The lowest BCUT2D eigenvalue weighted by molar-refractivity contribution is 0.0237. The molecule has 0 aromatic heterocycles. The summed E-state index contributed by atoms with van der Waals surface area (Å²) >= 11 is 0. The largest absolute Gasteiger partial charge is 0.531 e. The van der Waals surface area contributed by atoms with Gasteiger partial charge in [0.15, 0.2) is 0 Å². The molecule has 1 heterocycles. The molecule has 0 amide bonds. The van der Waals surface area contributed by atoms with Crippen molar-refractivity contribution in [1.82, 2.24) is 0 Å². The Bertz CT molecular complexity index is 274. The van der Waals surface area contributed by atoms with Crippen LogP contribution in [0.1, 0.15) is 27.7 Å². The normalized spacial score (nSPS) is 21.4. The van der Waals surface area contributed by atoms with Crippen molar-refractivity contribution in [1.29, 1.82) is 0 Å². The van der Waals surface area contributed by atoms with Crippen LogP contribution in [-0.2, 0) is 14.0 Å². The Morgan fingerprint density at radius 3 is 2.44 bits per heavy atom. The van der Waals surface area contributed by atoms with Gasteiger partial charge in [-0.3, -0.25) is 0 Å². The predicted molar refractivity (Wildman–Crippen MR) is 66.0 cm³/mol. The lowest BCUT2D eigenvalue weighted by Crippen LogP contribution is -2.42. The van der Waals surface area contributed by atoms with Gasteiger partial charge in [0, 0.05) is 18.6 Å². The third kappa shape index (κ3) is 3.39. The molecule has 1 fully saturated rings. The molecule has 1 rings (SSSR count). The molecular weight excluding hydrogens is 203 g/mol. The summed E-state index contributed by atoms with van der Waals surface area (Å²) in [6.07, 6.45) is 1.76. The standard InChI is InChI=1S/C12H21BO3/c1-6-10(3)11(14-7-2)13-15-8-12(4,5)9-16-13/h6H,1,7-9H2,2-5H3/b11-10+. The van der Waals surface area contributed by atoms with E-state index in [2.05, 4.69) is 20.4 Å². The van der Waals surface area contributed by atoms with E-state index in [1.807, 2.05) is 13.8 Å². The molecule has 0 saturated carbocycles. The van der Waals surface area contributed by atoms with E-state index in [4.69, 9.17) is 14.0 Å². The van der Waals surface area contributed by atoms with Gasteiger partial charge >= 0.3 is 7.12 Å². The maximum absolute atomic E-state index is 5.68. The summed E-state index contributed by atoms with van der Waals surface area (Å²) in [7, 11) is -0.383. The monoisotopic (exact) mass is 224 g/mol. The van der Waals surface area contributed by atoms with Crippen molar-refractivity contribution in [3.63, 3.8) is 0 Å². The van der Waals surface area contributed by atoms with Crippen molar-refractivity contribution < 1.29 is 14.0 Å². The zero-order valence-electron chi connectivity index (χ0n) is 10.7. The Balaban J connectivity index is 2.72. The third-order valence-corrected chi connectivity index (χ3v) is 2.46. The van der Waals surface area contributed by atoms with Gasteiger partial charge < -0.3 is 14.0 Å². The quantitative estimate of drug-likeness (QED) is 0.417. The third-order valence-electron chi connectivity index (χ3n) is 2.46. The van der Waals surface area contributed by atoms with Crippen molar-refractivity contribution in [3.05, 3.63) is 23.9 Å². The molecule has 0 spiro atoms. The molecule has 90 valence electrons. The first-order valence-corrected chi connectivity index (χ1v) is 5.69. The number of rotatable bonds is 4. The number of ether oxygens (including phenoxy) is 1. The summed E-state index contributed by atoms with van der Waals surface area (Å²) < 4.78 is 16.9. The molecule has 1 aliphatic rings. The van der Waals surface area contributed by atoms with Crippen molar-refractivity contribution in [2.45, 2.75) is 27.7 Å². The highest BCUT2D eigenvalue weighted by Crippen LogP contribution is 2.25. The average molecular weight is 224 g/mol. The molecule has 0 radical (unpaired) electrons. The van der Waals surface area contributed by atoms with E-state index < -0.39 is 0 Å². The lowest BCUT2D eigenvalue weighted by atomic mass is 9.79. The molecule has 0 aromatic carbocycles. The molecule has 0 bridgehead atoms. The fraction of sp³-hybridized carbons (Fsp3) is 0.667. The van der Waals surface area contributed by atoms with Gasteiger partial charge in [0.1, 0.15) is 5.66 Å². The second kappa shape index (κ2) is 5.55. The fourth-order valence-corrected chi connectivity index (χ4v) is 1.47. The van der Waals surface area contributed by atoms with Crippen molar-refractivity contribution in [2.24, 2.45) is 5.41 Å². The minimum absolute atomic E-state index is 0.0793. The first-order valence-electron chi connectivity index (χ1n) is 5.69. The van der Waals surface area contributed by atoms with Crippen LogP contribution in [-0.4, -0.2) is 26.9 Å². The summed E-state index contributed by atoms with van der Waals surface area (Å²) in [5.41, 5.74) is 1.79. The second-order valence-corrected chi connectivity index (χ2v) is 4.80. The highest BCUT2D eigenvalue weighted by molar-refractivity contribution is 6.53. The maximum Gasteiger partial charge on any atom is 0.531 e. The average Bonchev–Trinajstić information content (AvgIpc) is 2.25. The van der Waals surface area contributed by atoms with Crippen LogP contribution in [0, 0.1) is 5.41 Å². The molecule has 4 heteroatoms. The van der Waals surface area contributed by atoms with Crippen LogP contribution in [0.5, 0.6) is 0 Å². The molecule has 3 nitrogen and oxygen atoms in total. The van der Waals surface area contributed by atoms with E-state index in [0.717, 1.165) is 11.2 Å². The first kappa shape index (κ1) is 13.3. The first-order chi connectivity index (χ1) is 7.50. The van der Waals surface area contributed by atoms with E-state index in [0.29, 0.717) is 19.8 Å². The molecule has 16 heavy (non-hydrogen) atoms. The summed E-state index contributed by atoms with van der Waals surface area (Å²) in [6.45, 7) is 13.8. The lowest BCUT2D eigenvalue weighted by Gasteiger charge is -2.33. The van der Waals surface area contributed by atoms with Crippen LogP contribution in [0.4, 0.5) is 0 Å². The van der Waals surface area contributed by atoms with Crippen LogP contribution in [0.2, 0.25) is 0 Å². The van der Waals surface area contributed by atoms with E-state index in [-0.39, 0.29) is 12.5 Å². The Kier molecular flexibility index (Phi) is 4.62. The topological polar surface area (TPSA) is 27.7 Å². The van der Waals surface area contributed by atoms with E-state index in [1.165, 1.54) is 0 Å². The molecular formula is C12H21BO3. The molecule has 0 aliphatic carbocycles. The maximum atomic E-state index is 5.68. The van der Waals surface area contributed by atoms with Crippen molar-refractivity contribution in [3.8, 4) is 0 Å². The van der Waals surface area contributed by atoms with Gasteiger partial charge in [0.25, 0.3) is 0 Å². The molecule has 0 unspecified atom stereocenters. The van der Waals surface area contributed by atoms with Gasteiger partial charge in [-0.15, -0.1) is 0 Å². The van der Waals surface area contributed by atoms with Gasteiger partial charge in [-0.25, -0.2) is 0 Å². The number of hydrogen-bond donors (Lipinski definition) is 0. The Morgan fingerprint density at radius 1 is 1.44 bits per heavy atom. The Labute approximate surface area is 98.6 Å². The van der Waals surface area contributed by atoms with Gasteiger partial charge in [0.2, 0.25) is 0 Å². The van der Waals surface area contributed by atoms with Gasteiger partial charge in [-0.1, -0.05) is 26.5 Å². The van der Waals surface area contributed by atoms with Crippen LogP contribution in [0.25, 0.3) is 0 Å². The van der Waals surface area contributed by atoms with Crippen LogP contribution in [0.15, 0.2) is 23.9 Å². The summed E-state index contributed by atoms with van der Waals surface area (Å²) in [4.78, 5) is 0. The highest BCUT2D eigenvalue weighted by Gasteiger charge is 2.36. The summed E-state index contributed by atoms with van der Waals surface area (Å²) in [6, 6.07) is 0. The van der Waals surface area contributed by atoms with Gasteiger partial charge in [-0.2, -0.15) is 0 Å². The number of allylic oxidation sites excluding steroid dienone is 2. The van der Waals surface area contributed by atoms with Gasteiger partial charge in [0.05, 0.1) is 6.61 Å². The second-order valence-electron chi connectivity index (χ2n) is 4.80. The van der Waals surface area contributed by atoms with Crippen molar-refractivity contribution >= 4 is 7.12 Å². The zero-order chi connectivity index (χ0) is 12.2. The molecule has 0 aromatic rings. The summed E-state index contributed by atoms with van der Waals surface area (Å²) in [5.74, 6) is 0. The molecule has 1 saturated heterocycles. The van der Waals surface area contributed by atoms with E-state index in [9.17, 15) is 0 Å². The van der Waals surface area contributed by atoms with Crippen LogP contribution >= 0.6 is 0 Å². The SMILES string of the molecule is C=C/C(C)=C(/OCC)B1OCC(C)(C)CO1. The minimum Gasteiger partial charge on any atom is -0.501 e. The van der Waals surface area contributed by atoms with Crippen LogP contribution in [0.3, 0.4) is 0 Å². The Morgan fingerprint density at radius 2 is 2.00 bits per heavy atom. The van der Waals surface area contributed by atoms with E-state index >= 15 is 0 Å². The minimum atomic E-state index is -0.383. The van der Waals surface area contributed by atoms with E-state index in [1.54, 1.807) is 6.08 Å². The smallest absolute Gasteiger partial charge is 0.501 e. The Hall–Kier alpha value is -0.735.